The van der Waals surface area contributed by atoms with E-state index in [1.807, 2.05) is 0 Å². The van der Waals surface area contributed by atoms with E-state index in [0.29, 0.717) is 13.0 Å². The van der Waals surface area contributed by atoms with Crippen LogP contribution in [-0.4, -0.2) is 142 Å². The highest BCUT2D eigenvalue weighted by Gasteiger charge is 2.47. The predicted molar refractivity (Wildman–Crippen MR) is 325 cm³/mol. The van der Waals surface area contributed by atoms with E-state index < -0.39 is 80.7 Å². The Morgan fingerprint density at radius 3 is 1.27 bits per heavy atom. The number of carbonyl (C=O) groups is 1. The maximum absolute atomic E-state index is 13.1. The summed E-state index contributed by atoms with van der Waals surface area (Å²) in [4.78, 5) is 13.1. The Kier molecular flexibility index (Phi) is 47.9. The summed E-state index contributed by atoms with van der Waals surface area (Å²) in [5, 5.41) is 72.5. The molecule has 0 bridgehead atoms. The molecule has 2 saturated heterocycles. The van der Waals surface area contributed by atoms with E-state index in [0.717, 1.165) is 96.3 Å². The topological polar surface area (TPSA) is 214 Å². The van der Waals surface area contributed by atoms with Gasteiger partial charge in [0.1, 0.15) is 54.9 Å². The number of hydrogen-bond donors (Lipinski definition) is 7. The summed E-state index contributed by atoms with van der Waals surface area (Å²) >= 11 is 0. The van der Waals surface area contributed by atoms with E-state index in [1.165, 1.54) is 96.3 Å². The van der Waals surface area contributed by atoms with Gasteiger partial charge in [-0.1, -0.05) is 214 Å². The van der Waals surface area contributed by atoms with Crippen LogP contribution in [0.5, 0.6) is 0 Å². The second-order valence-corrected chi connectivity index (χ2v) is 21.8. The number of rotatable bonds is 51. The van der Waals surface area contributed by atoms with Gasteiger partial charge in [-0.05, 0) is 96.3 Å². The average molecular weight is 1140 g/mol. The van der Waals surface area contributed by atoms with Crippen LogP contribution in [0.2, 0.25) is 0 Å². The third kappa shape index (κ3) is 38.5. The first kappa shape index (κ1) is 74.0. The number of aliphatic hydroxyl groups excluding tert-OH is 7. The number of carbonyl (C=O) groups excluding carboxylic acids is 1. The minimum Gasteiger partial charge on any atom is -0.457 e. The van der Waals surface area contributed by atoms with Crippen molar-refractivity contribution in [3.05, 3.63) is 97.2 Å². The summed E-state index contributed by atoms with van der Waals surface area (Å²) in [6.45, 7) is 3.51. The first-order chi connectivity index (χ1) is 39.6. The number of allylic oxidation sites excluding steroid dienone is 16. The number of hydrogen-bond acceptors (Lipinski definition) is 14. The van der Waals surface area contributed by atoms with E-state index in [-0.39, 0.29) is 25.6 Å². The van der Waals surface area contributed by atoms with Crippen molar-refractivity contribution in [3.8, 4) is 0 Å². The Labute approximate surface area is 490 Å². The van der Waals surface area contributed by atoms with Gasteiger partial charge in [0, 0.05) is 13.0 Å². The van der Waals surface area contributed by atoms with Crippen molar-refractivity contribution in [2.75, 3.05) is 33.0 Å². The molecule has 14 nitrogen and oxygen atoms in total. The number of esters is 1. The van der Waals surface area contributed by atoms with Crippen molar-refractivity contribution >= 4 is 5.97 Å². The van der Waals surface area contributed by atoms with Crippen molar-refractivity contribution in [3.63, 3.8) is 0 Å². The molecule has 0 radical (unpaired) electrons. The van der Waals surface area contributed by atoms with Crippen LogP contribution in [-0.2, 0) is 33.2 Å². The third-order valence-electron chi connectivity index (χ3n) is 14.6. The lowest BCUT2D eigenvalue weighted by Gasteiger charge is -2.42. The highest BCUT2D eigenvalue weighted by molar-refractivity contribution is 5.69. The monoisotopic (exact) mass is 1140 g/mol. The van der Waals surface area contributed by atoms with E-state index in [9.17, 15) is 40.5 Å². The van der Waals surface area contributed by atoms with Gasteiger partial charge in [-0.15, -0.1) is 0 Å². The summed E-state index contributed by atoms with van der Waals surface area (Å²) in [6, 6.07) is 0. The molecule has 14 heteroatoms. The minimum atomic E-state index is -1.72. The number of ether oxygens (including phenoxy) is 6. The molecule has 11 unspecified atom stereocenters. The van der Waals surface area contributed by atoms with Crippen LogP contribution >= 0.6 is 0 Å². The first-order valence-electron chi connectivity index (χ1n) is 31.8. The first-order valence-corrected chi connectivity index (χ1v) is 31.8. The molecule has 11 atom stereocenters. The summed E-state index contributed by atoms with van der Waals surface area (Å²) in [5.41, 5.74) is 0. The zero-order valence-electron chi connectivity index (χ0n) is 50.2. The summed E-state index contributed by atoms with van der Waals surface area (Å²) in [7, 11) is 0. The molecular formula is C67H114O14. The molecule has 2 aliphatic heterocycles. The molecule has 81 heavy (non-hydrogen) atoms. The normalized spacial score (nSPS) is 24.4. The maximum Gasteiger partial charge on any atom is 0.306 e. The molecule has 0 aliphatic carbocycles. The molecule has 0 aromatic carbocycles. The van der Waals surface area contributed by atoms with Gasteiger partial charge in [-0.3, -0.25) is 4.79 Å². The second kappa shape index (κ2) is 52.5. The van der Waals surface area contributed by atoms with E-state index in [4.69, 9.17) is 28.4 Å². The highest BCUT2D eigenvalue weighted by Crippen LogP contribution is 2.27. The van der Waals surface area contributed by atoms with Crippen molar-refractivity contribution in [2.45, 2.75) is 287 Å². The van der Waals surface area contributed by atoms with Gasteiger partial charge in [0.25, 0.3) is 0 Å². The van der Waals surface area contributed by atoms with Crippen molar-refractivity contribution in [2.24, 2.45) is 0 Å². The third-order valence-corrected chi connectivity index (χ3v) is 14.6. The number of aliphatic hydroxyl groups is 7. The molecular weight excluding hydrogens is 1030 g/mol. The lowest BCUT2D eigenvalue weighted by molar-refractivity contribution is -0.332. The van der Waals surface area contributed by atoms with Crippen LogP contribution in [0.15, 0.2) is 97.2 Å². The van der Waals surface area contributed by atoms with Crippen LogP contribution in [0.4, 0.5) is 0 Å². The van der Waals surface area contributed by atoms with Crippen molar-refractivity contribution < 1.29 is 69.0 Å². The predicted octanol–water partition coefficient (Wildman–Crippen LogP) is 12.5. The fraction of sp³-hybridized carbons (Fsp3) is 0.746. The Hall–Kier alpha value is -3.09. The van der Waals surface area contributed by atoms with Crippen molar-refractivity contribution in [1.82, 2.24) is 0 Å². The smallest absolute Gasteiger partial charge is 0.306 e. The van der Waals surface area contributed by atoms with Gasteiger partial charge in [0.2, 0.25) is 0 Å². The summed E-state index contributed by atoms with van der Waals surface area (Å²) in [6.07, 6.45) is 54.7. The van der Waals surface area contributed by atoms with Crippen molar-refractivity contribution in [1.29, 1.82) is 0 Å². The Balaban J connectivity index is 1.71. The van der Waals surface area contributed by atoms with Crippen LogP contribution < -0.4 is 0 Å². The van der Waals surface area contributed by atoms with E-state index in [1.54, 1.807) is 0 Å². The van der Waals surface area contributed by atoms with Crippen LogP contribution in [0.25, 0.3) is 0 Å². The summed E-state index contributed by atoms with van der Waals surface area (Å²) < 4.78 is 34.4. The van der Waals surface area contributed by atoms with E-state index in [2.05, 4.69) is 111 Å². The SMILES string of the molecule is CC/C=C\C/C=C\C/C=C\C/C=C\C/C=C\C/C=C\C/C=C\CCCCCCOCC(COC1OC(COC2OC(CO)C(O)C(O)C2O)C(O)C(O)C1O)OC(=O)CCCCCCCCCCC/C=C\CCCCCCCCCC. The molecule has 2 heterocycles. The molecule has 0 saturated carbocycles. The lowest BCUT2D eigenvalue weighted by Crippen LogP contribution is -2.61. The Bertz CT molecular complexity index is 1710. The molecule has 0 amide bonds. The van der Waals surface area contributed by atoms with Crippen LogP contribution in [0.1, 0.15) is 219 Å². The second-order valence-electron chi connectivity index (χ2n) is 21.8. The molecule has 7 N–H and O–H groups in total. The quantitative estimate of drug-likeness (QED) is 0.0172. The summed E-state index contributed by atoms with van der Waals surface area (Å²) in [5.74, 6) is -0.390. The molecule has 466 valence electrons. The van der Waals surface area contributed by atoms with Gasteiger partial charge in [-0.25, -0.2) is 0 Å². The largest absolute Gasteiger partial charge is 0.457 e. The fourth-order valence-electron chi connectivity index (χ4n) is 9.50. The average Bonchev–Trinajstić information content (AvgIpc) is 3.60. The fourth-order valence-corrected chi connectivity index (χ4v) is 9.50. The lowest BCUT2D eigenvalue weighted by atomic mass is 9.98. The maximum atomic E-state index is 13.1. The molecule has 0 spiro atoms. The molecule has 2 aliphatic rings. The van der Waals surface area contributed by atoms with Gasteiger partial charge < -0.3 is 64.2 Å². The van der Waals surface area contributed by atoms with Gasteiger partial charge in [0.15, 0.2) is 12.6 Å². The molecule has 0 aromatic heterocycles. The standard InChI is InChI=1S/C67H114O14/c1-3-5-7-9-11-13-15-17-19-21-23-25-26-27-28-29-31-33-35-37-39-41-43-45-47-49-51-76-53-56(54-77-66-65(75)63(73)61(71)58(81-66)55-78-67-64(74)62(72)60(70)57(52-68)80-67)79-59(69)50-48-46-44-42-40-38-36-34-32-30-24-22-20-18-16-14-12-10-8-6-4-2/h5,7,11,13,17,19,22-25,27-28,31,33,37,39,56-58,60-68,70-75H,3-4,6,8-10,12,14-16,18,20-21,26,29-30,32,34-36,38,40-55H2,1-2H3/b7-5-,13-11-,19-17-,24-22-,25-23-,28-27-,33-31-,39-37-. The van der Waals surface area contributed by atoms with E-state index >= 15 is 0 Å². The number of unbranched alkanes of at least 4 members (excludes halogenated alkanes) is 21. The Morgan fingerprint density at radius 1 is 0.420 bits per heavy atom. The van der Waals surface area contributed by atoms with Gasteiger partial charge in [0.05, 0.1) is 26.4 Å². The van der Waals surface area contributed by atoms with Gasteiger partial charge >= 0.3 is 5.97 Å². The molecule has 2 fully saturated rings. The zero-order valence-corrected chi connectivity index (χ0v) is 50.2. The van der Waals surface area contributed by atoms with Gasteiger partial charge in [-0.2, -0.15) is 0 Å². The van der Waals surface area contributed by atoms with Crippen LogP contribution in [0.3, 0.4) is 0 Å². The molecule has 0 aromatic rings. The minimum absolute atomic E-state index is 0.0380. The highest BCUT2D eigenvalue weighted by atomic mass is 16.7. The van der Waals surface area contributed by atoms with Crippen LogP contribution in [0, 0.1) is 0 Å². The Morgan fingerprint density at radius 2 is 0.802 bits per heavy atom. The zero-order chi connectivity index (χ0) is 58.6. The molecule has 2 rings (SSSR count).